The van der Waals surface area contributed by atoms with Crippen LogP contribution < -0.4 is 10.6 Å². The molecule has 120 valence electrons. The van der Waals surface area contributed by atoms with Crippen molar-refractivity contribution in [3.63, 3.8) is 0 Å². The molecule has 0 aliphatic heterocycles. The fourth-order valence-corrected chi connectivity index (χ4v) is 2.89. The van der Waals surface area contributed by atoms with Crippen LogP contribution in [0.25, 0.3) is 0 Å². The molecule has 1 aliphatic rings. The van der Waals surface area contributed by atoms with Crippen molar-refractivity contribution in [2.45, 2.75) is 37.8 Å². The fraction of sp³-hybridized carbons (Fsp3) is 0.333. The summed E-state index contributed by atoms with van der Waals surface area (Å²) in [4.78, 5) is 8.52. The van der Waals surface area contributed by atoms with Crippen LogP contribution in [-0.4, -0.2) is 22.1 Å². The van der Waals surface area contributed by atoms with E-state index in [9.17, 15) is 0 Å². The van der Waals surface area contributed by atoms with Crippen molar-refractivity contribution in [2.75, 3.05) is 10.6 Å². The van der Waals surface area contributed by atoms with Gasteiger partial charge >= 0.3 is 0 Å². The highest BCUT2D eigenvalue weighted by atomic mass is 15.0. The summed E-state index contributed by atoms with van der Waals surface area (Å²) in [6.45, 7) is 0. The summed E-state index contributed by atoms with van der Waals surface area (Å²) in [7, 11) is 0. The van der Waals surface area contributed by atoms with E-state index in [1.807, 2.05) is 12.1 Å². The van der Waals surface area contributed by atoms with E-state index in [2.05, 4.69) is 32.7 Å². The maximum absolute atomic E-state index is 8.79. The predicted octanol–water partition coefficient (Wildman–Crippen LogP) is 3.06. The lowest BCUT2D eigenvalue weighted by molar-refractivity contribution is 0.427. The zero-order chi connectivity index (χ0) is 16.8. The number of rotatable bonds is 4. The molecule has 6 nitrogen and oxygen atoms in total. The third-order valence-corrected chi connectivity index (χ3v) is 4.22. The van der Waals surface area contributed by atoms with Gasteiger partial charge in [0.15, 0.2) is 0 Å². The minimum Gasteiger partial charge on any atom is -0.367 e. The minimum atomic E-state index is 0.400. The van der Waals surface area contributed by atoms with Gasteiger partial charge in [0.05, 0.1) is 11.1 Å². The Kier molecular flexibility index (Phi) is 4.88. The molecule has 1 fully saturated rings. The number of aromatic nitrogens is 2. The molecule has 2 aromatic heterocycles. The van der Waals surface area contributed by atoms with Gasteiger partial charge in [0.1, 0.15) is 23.8 Å². The second kappa shape index (κ2) is 7.43. The lowest BCUT2D eigenvalue weighted by Gasteiger charge is -2.30. The monoisotopic (exact) mass is 318 g/mol. The Bertz CT molecular complexity index is 679. The van der Waals surface area contributed by atoms with E-state index >= 15 is 0 Å². The second-order valence-electron chi connectivity index (χ2n) is 5.93. The molecule has 0 spiro atoms. The third-order valence-electron chi connectivity index (χ3n) is 4.22. The van der Waals surface area contributed by atoms with E-state index in [0.29, 0.717) is 23.2 Å². The molecule has 6 heteroatoms. The van der Waals surface area contributed by atoms with Crippen LogP contribution in [0.15, 0.2) is 36.7 Å². The summed E-state index contributed by atoms with van der Waals surface area (Å²) < 4.78 is 0. The Morgan fingerprint density at radius 3 is 1.46 bits per heavy atom. The molecule has 0 atom stereocenters. The molecule has 0 bridgehead atoms. The van der Waals surface area contributed by atoms with Crippen molar-refractivity contribution in [1.82, 2.24) is 9.97 Å². The first-order valence-electron chi connectivity index (χ1n) is 8.02. The number of pyridine rings is 2. The Labute approximate surface area is 141 Å². The Morgan fingerprint density at radius 2 is 1.17 bits per heavy atom. The standard InChI is InChI=1S/C18H18N6/c19-9-13-1-7-17(21-11-13)23-15-3-5-16(6-4-15)24-18-8-2-14(10-20)12-22-18/h1-2,7-8,11-12,15-16H,3-6H2,(H,21,23)(H,22,24). The van der Waals surface area contributed by atoms with Crippen molar-refractivity contribution in [3.05, 3.63) is 47.8 Å². The summed E-state index contributed by atoms with van der Waals surface area (Å²) in [5, 5.41) is 24.4. The lowest BCUT2D eigenvalue weighted by atomic mass is 9.91. The van der Waals surface area contributed by atoms with Crippen molar-refractivity contribution in [2.24, 2.45) is 0 Å². The van der Waals surface area contributed by atoms with Crippen LogP contribution >= 0.6 is 0 Å². The average Bonchev–Trinajstić information content (AvgIpc) is 2.65. The molecular weight excluding hydrogens is 300 g/mol. The summed E-state index contributed by atoms with van der Waals surface area (Å²) in [5.74, 6) is 1.64. The van der Waals surface area contributed by atoms with E-state index in [1.54, 1.807) is 24.5 Å². The van der Waals surface area contributed by atoms with Crippen LogP contribution in [0.4, 0.5) is 11.6 Å². The van der Waals surface area contributed by atoms with Gasteiger partial charge in [0.25, 0.3) is 0 Å². The molecule has 2 N–H and O–H groups in total. The van der Waals surface area contributed by atoms with Crippen molar-refractivity contribution in [1.29, 1.82) is 10.5 Å². The topological polar surface area (TPSA) is 97.4 Å². The van der Waals surface area contributed by atoms with Gasteiger partial charge in [-0.2, -0.15) is 10.5 Å². The van der Waals surface area contributed by atoms with Crippen LogP contribution in [0.5, 0.6) is 0 Å². The maximum Gasteiger partial charge on any atom is 0.126 e. The molecule has 24 heavy (non-hydrogen) atoms. The van der Waals surface area contributed by atoms with Crippen molar-refractivity contribution < 1.29 is 0 Å². The Hall–Kier alpha value is -3.12. The van der Waals surface area contributed by atoms with Gasteiger partial charge in [-0.3, -0.25) is 0 Å². The molecule has 0 saturated heterocycles. The van der Waals surface area contributed by atoms with Crippen molar-refractivity contribution >= 4 is 11.6 Å². The molecule has 1 aliphatic carbocycles. The van der Waals surface area contributed by atoms with E-state index < -0.39 is 0 Å². The predicted molar refractivity (Wildman–Crippen MR) is 91.2 cm³/mol. The quantitative estimate of drug-likeness (QED) is 0.899. The van der Waals surface area contributed by atoms with E-state index in [0.717, 1.165) is 37.3 Å². The van der Waals surface area contributed by atoms with Crippen LogP contribution in [0, 0.1) is 22.7 Å². The lowest BCUT2D eigenvalue weighted by Crippen LogP contribution is -2.32. The van der Waals surface area contributed by atoms with E-state index in [1.165, 1.54) is 0 Å². The largest absolute Gasteiger partial charge is 0.367 e. The molecule has 0 aromatic carbocycles. The highest BCUT2D eigenvalue weighted by molar-refractivity contribution is 5.41. The summed E-state index contributed by atoms with van der Waals surface area (Å²) >= 11 is 0. The Balaban J connectivity index is 1.48. The smallest absolute Gasteiger partial charge is 0.126 e. The summed E-state index contributed by atoms with van der Waals surface area (Å²) in [6.07, 6.45) is 7.38. The molecule has 3 rings (SSSR count). The fourth-order valence-electron chi connectivity index (χ4n) is 2.89. The van der Waals surface area contributed by atoms with Gasteiger partial charge in [0, 0.05) is 24.5 Å². The Morgan fingerprint density at radius 1 is 0.750 bits per heavy atom. The summed E-state index contributed by atoms with van der Waals surface area (Å²) in [6, 6.07) is 12.2. The number of nitrogens with zero attached hydrogens (tertiary/aromatic N) is 4. The number of anilines is 2. The number of nitrogens with one attached hydrogen (secondary N) is 2. The van der Waals surface area contributed by atoms with Crippen LogP contribution in [0.1, 0.15) is 36.8 Å². The van der Waals surface area contributed by atoms with Gasteiger partial charge in [-0.1, -0.05) is 0 Å². The van der Waals surface area contributed by atoms with Gasteiger partial charge in [-0.05, 0) is 49.9 Å². The zero-order valence-corrected chi connectivity index (χ0v) is 13.2. The van der Waals surface area contributed by atoms with Crippen LogP contribution in [0.2, 0.25) is 0 Å². The van der Waals surface area contributed by atoms with Gasteiger partial charge in [-0.25, -0.2) is 9.97 Å². The van der Waals surface area contributed by atoms with E-state index in [4.69, 9.17) is 10.5 Å². The third kappa shape index (κ3) is 3.99. The van der Waals surface area contributed by atoms with Gasteiger partial charge < -0.3 is 10.6 Å². The molecule has 2 aromatic rings. The zero-order valence-electron chi connectivity index (χ0n) is 13.2. The highest BCUT2D eigenvalue weighted by Crippen LogP contribution is 2.24. The molecule has 0 radical (unpaired) electrons. The second-order valence-corrected chi connectivity index (χ2v) is 5.93. The normalized spacial score (nSPS) is 19.8. The molecular formula is C18H18N6. The molecule has 0 amide bonds. The first-order valence-corrected chi connectivity index (χ1v) is 8.02. The molecule has 0 unspecified atom stereocenters. The number of nitriles is 2. The highest BCUT2D eigenvalue weighted by Gasteiger charge is 2.21. The van der Waals surface area contributed by atoms with Gasteiger partial charge in [0.2, 0.25) is 0 Å². The van der Waals surface area contributed by atoms with Crippen LogP contribution in [-0.2, 0) is 0 Å². The van der Waals surface area contributed by atoms with E-state index in [-0.39, 0.29) is 0 Å². The van der Waals surface area contributed by atoms with Crippen molar-refractivity contribution in [3.8, 4) is 12.1 Å². The average molecular weight is 318 g/mol. The maximum atomic E-state index is 8.79. The number of hydrogen-bond donors (Lipinski definition) is 2. The first kappa shape index (κ1) is 15.8. The molecule has 1 saturated carbocycles. The number of hydrogen-bond acceptors (Lipinski definition) is 6. The van der Waals surface area contributed by atoms with Gasteiger partial charge in [-0.15, -0.1) is 0 Å². The SMILES string of the molecule is N#Cc1ccc(NC2CCC(Nc3ccc(C#N)cn3)CC2)nc1. The van der Waals surface area contributed by atoms with Crippen LogP contribution in [0.3, 0.4) is 0 Å². The first-order chi connectivity index (χ1) is 11.8. The minimum absolute atomic E-state index is 0.400. The molecule has 2 heterocycles. The summed E-state index contributed by atoms with van der Waals surface area (Å²) in [5.41, 5.74) is 1.15.